The summed E-state index contributed by atoms with van der Waals surface area (Å²) in [5, 5.41) is 8.02. The van der Waals surface area contributed by atoms with Gasteiger partial charge in [0.2, 0.25) is 0 Å². The summed E-state index contributed by atoms with van der Waals surface area (Å²) in [6, 6.07) is -1.89. The van der Waals surface area contributed by atoms with Crippen molar-refractivity contribution in [3.8, 4) is 0 Å². The maximum Gasteiger partial charge on any atom is 0.403 e. The van der Waals surface area contributed by atoms with E-state index in [1.54, 1.807) is 0 Å². The number of aliphatic hydroxyl groups is 1. The smallest absolute Gasteiger partial charge is 0.396 e. The molecule has 0 amide bonds. The highest BCUT2D eigenvalue weighted by Crippen LogP contribution is 2.19. The number of halogens is 4. The van der Waals surface area contributed by atoms with E-state index in [9.17, 15) is 13.2 Å². The van der Waals surface area contributed by atoms with Crippen LogP contribution in [0.2, 0.25) is 0 Å². The molecule has 2 nitrogen and oxygen atoms in total. The fourth-order valence-corrected chi connectivity index (χ4v) is 0.303. The molecule has 0 rings (SSSR count). The topological polar surface area (TPSA) is 46.2 Å². The Morgan fingerprint density at radius 3 is 1.90 bits per heavy atom. The van der Waals surface area contributed by atoms with Crippen LogP contribution >= 0.6 is 12.4 Å². The van der Waals surface area contributed by atoms with E-state index in [0.29, 0.717) is 0 Å². The van der Waals surface area contributed by atoms with Gasteiger partial charge in [-0.05, 0) is 6.42 Å². The largest absolute Gasteiger partial charge is 0.403 e. The van der Waals surface area contributed by atoms with Crippen LogP contribution in [0, 0.1) is 0 Å². The van der Waals surface area contributed by atoms with Crippen LogP contribution in [-0.4, -0.2) is 23.9 Å². The molecule has 0 aliphatic rings. The zero-order valence-corrected chi connectivity index (χ0v) is 5.87. The fourth-order valence-electron chi connectivity index (χ4n) is 0.303. The SMILES string of the molecule is Cl.NC(CCO)C(F)(F)F. The second-order valence-electron chi connectivity index (χ2n) is 1.66. The van der Waals surface area contributed by atoms with Crippen LogP contribution < -0.4 is 5.73 Å². The highest BCUT2D eigenvalue weighted by Gasteiger charge is 2.35. The molecule has 0 aromatic carbocycles. The number of hydrogen-bond acceptors (Lipinski definition) is 2. The van der Waals surface area contributed by atoms with Crippen LogP contribution in [0.1, 0.15) is 6.42 Å². The van der Waals surface area contributed by atoms with E-state index in [1.807, 2.05) is 0 Å². The van der Waals surface area contributed by atoms with Crippen molar-refractivity contribution in [1.82, 2.24) is 0 Å². The van der Waals surface area contributed by atoms with Crippen LogP contribution in [0.15, 0.2) is 0 Å². The monoisotopic (exact) mass is 179 g/mol. The normalized spacial score (nSPS) is 14.1. The highest BCUT2D eigenvalue weighted by atomic mass is 35.5. The summed E-state index contributed by atoms with van der Waals surface area (Å²) < 4.78 is 34.2. The van der Waals surface area contributed by atoms with Crippen molar-refractivity contribution in [1.29, 1.82) is 0 Å². The predicted molar refractivity (Wildman–Crippen MR) is 33.0 cm³/mol. The lowest BCUT2D eigenvalue weighted by Gasteiger charge is -2.12. The first-order chi connectivity index (χ1) is 3.98. The molecule has 0 fully saturated rings. The van der Waals surface area contributed by atoms with E-state index < -0.39 is 25.2 Å². The molecule has 0 heterocycles. The van der Waals surface area contributed by atoms with Crippen molar-refractivity contribution in [2.75, 3.05) is 6.61 Å². The summed E-state index contributed by atoms with van der Waals surface area (Å²) in [5.41, 5.74) is 4.58. The van der Waals surface area contributed by atoms with Gasteiger partial charge in [-0.1, -0.05) is 0 Å². The van der Waals surface area contributed by atoms with Gasteiger partial charge in [0.05, 0.1) is 0 Å². The quantitative estimate of drug-likeness (QED) is 0.655. The third kappa shape index (κ3) is 4.84. The Hall–Kier alpha value is -0.0000000000000000555. The Labute approximate surface area is 62.6 Å². The highest BCUT2D eigenvalue weighted by molar-refractivity contribution is 5.85. The van der Waals surface area contributed by atoms with E-state index in [-0.39, 0.29) is 12.4 Å². The number of hydrogen-bond donors (Lipinski definition) is 2. The Bertz CT molecular complexity index is 87.1. The summed E-state index contributed by atoms with van der Waals surface area (Å²) in [5.74, 6) is 0. The van der Waals surface area contributed by atoms with Gasteiger partial charge in [0.1, 0.15) is 6.04 Å². The Kier molecular flexibility index (Phi) is 6.02. The number of nitrogens with two attached hydrogens (primary N) is 1. The lowest BCUT2D eigenvalue weighted by Crippen LogP contribution is -2.37. The molecule has 10 heavy (non-hydrogen) atoms. The molecule has 1 atom stereocenters. The molecule has 0 aliphatic heterocycles. The maximum absolute atomic E-state index is 11.4. The van der Waals surface area contributed by atoms with Gasteiger partial charge in [-0.3, -0.25) is 0 Å². The molecule has 3 N–H and O–H groups in total. The van der Waals surface area contributed by atoms with Crippen molar-refractivity contribution < 1.29 is 18.3 Å². The van der Waals surface area contributed by atoms with Crippen LogP contribution in [0.3, 0.4) is 0 Å². The number of alkyl halides is 3. The van der Waals surface area contributed by atoms with Gasteiger partial charge in [0.25, 0.3) is 0 Å². The average Bonchev–Trinajstić information content (AvgIpc) is 1.64. The molecule has 64 valence electrons. The van der Waals surface area contributed by atoms with E-state index in [2.05, 4.69) is 5.73 Å². The molecule has 6 heteroatoms. The van der Waals surface area contributed by atoms with E-state index in [0.717, 1.165) is 0 Å². The second-order valence-corrected chi connectivity index (χ2v) is 1.66. The number of rotatable bonds is 2. The summed E-state index contributed by atoms with van der Waals surface area (Å²) in [7, 11) is 0. The molecule has 0 saturated heterocycles. The van der Waals surface area contributed by atoms with E-state index in [1.165, 1.54) is 0 Å². The Balaban J connectivity index is 0. The lowest BCUT2D eigenvalue weighted by atomic mass is 10.2. The predicted octanol–water partition coefficient (Wildman–Crippen LogP) is 0.680. The van der Waals surface area contributed by atoms with Gasteiger partial charge < -0.3 is 10.8 Å². The molecule has 0 saturated carbocycles. The zero-order valence-electron chi connectivity index (χ0n) is 5.06. The van der Waals surface area contributed by atoms with Crippen molar-refractivity contribution in [3.63, 3.8) is 0 Å². The summed E-state index contributed by atoms with van der Waals surface area (Å²) in [6.07, 6.45) is -4.80. The minimum Gasteiger partial charge on any atom is -0.396 e. The summed E-state index contributed by atoms with van der Waals surface area (Å²) in [6.45, 7) is -0.527. The van der Waals surface area contributed by atoms with Crippen molar-refractivity contribution >= 4 is 12.4 Å². The Morgan fingerprint density at radius 1 is 1.40 bits per heavy atom. The van der Waals surface area contributed by atoms with Gasteiger partial charge in [0.15, 0.2) is 0 Å². The van der Waals surface area contributed by atoms with E-state index >= 15 is 0 Å². The van der Waals surface area contributed by atoms with E-state index in [4.69, 9.17) is 5.11 Å². The lowest BCUT2D eigenvalue weighted by molar-refractivity contribution is -0.150. The third-order valence-electron chi connectivity index (χ3n) is 0.861. The van der Waals surface area contributed by atoms with Gasteiger partial charge in [-0.2, -0.15) is 13.2 Å². The summed E-state index contributed by atoms with van der Waals surface area (Å²) >= 11 is 0. The molecule has 0 spiro atoms. The molecule has 0 bridgehead atoms. The first-order valence-corrected chi connectivity index (χ1v) is 2.41. The first-order valence-electron chi connectivity index (χ1n) is 2.41. The molecule has 0 radical (unpaired) electrons. The molecular weight excluding hydrogens is 170 g/mol. The molecule has 0 aromatic rings. The van der Waals surface area contributed by atoms with Crippen LogP contribution in [0.5, 0.6) is 0 Å². The molecular formula is C4H9ClF3NO. The first kappa shape index (κ1) is 12.7. The molecule has 0 aromatic heterocycles. The Morgan fingerprint density at radius 2 is 1.80 bits per heavy atom. The van der Waals surface area contributed by atoms with Crippen molar-refractivity contribution in [2.24, 2.45) is 5.73 Å². The molecule has 1 unspecified atom stereocenters. The fraction of sp³-hybridized carbons (Fsp3) is 1.00. The number of aliphatic hydroxyl groups excluding tert-OH is 1. The zero-order chi connectivity index (χ0) is 7.49. The van der Waals surface area contributed by atoms with Crippen molar-refractivity contribution in [3.05, 3.63) is 0 Å². The maximum atomic E-state index is 11.4. The minimum atomic E-state index is -4.37. The third-order valence-corrected chi connectivity index (χ3v) is 0.861. The second kappa shape index (κ2) is 4.76. The van der Waals surface area contributed by atoms with Crippen LogP contribution in [-0.2, 0) is 0 Å². The van der Waals surface area contributed by atoms with Gasteiger partial charge in [-0.25, -0.2) is 0 Å². The van der Waals surface area contributed by atoms with Crippen LogP contribution in [0.4, 0.5) is 13.2 Å². The average molecular weight is 180 g/mol. The van der Waals surface area contributed by atoms with Gasteiger partial charge in [-0.15, -0.1) is 12.4 Å². The molecule has 0 aliphatic carbocycles. The van der Waals surface area contributed by atoms with Gasteiger partial charge in [0, 0.05) is 6.61 Å². The van der Waals surface area contributed by atoms with Gasteiger partial charge >= 0.3 is 6.18 Å². The van der Waals surface area contributed by atoms with Crippen molar-refractivity contribution in [2.45, 2.75) is 18.6 Å². The van der Waals surface area contributed by atoms with Crippen LogP contribution in [0.25, 0.3) is 0 Å². The summed E-state index contributed by atoms with van der Waals surface area (Å²) in [4.78, 5) is 0. The minimum absolute atomic E-state index is 0. The standard InChI is InChI=1S/C4H8F3NO.ClH/c5-4(6,7)3(8)1-2-9;/h3,9H,1-2,8H2;1H.